The second-order valence-electron chi connectivity index (χ2n) is 8.70. The molecule has 1 heterocycles. The van der Waals surface area contributed by atoms with Crippen LogP contribution in [-0.4, -0.2) is 33.4 Å². The van der Waals surface area contributed by atoms with Gasteiger partial charge in [-0.15, -0.1) is 0 Å². The average molecular weight is 480 g/mol. The summed E-state index contributed by atoms with van der Waals surface area (Å²) in [6, 6.07) is 16.5. The lowest BCUT2D eigenvalue weighted by Gasteiger charge is -2.24. The molecule has 3 aromatic rings. The molecule has 31 heavy (non-hydrogen) atoms. The van der Waals surface area contributed by atoms with Gasteiger partial charge >= 0.3 is 0 Å². The minimum absolute atomic E-state index is 0.00952. The number of para-hydroxylation sites is 1. The summed E-state index contributed by atoms with van der Waals surface area (Å²) in [6.07, 6.45) is 4.27. The van der Waals surface area contributed by atoms with Gasteiger partial charge in [-0.1, -0.05) is 30.3 Å². The zero-order valence-electron chi connectivity index (χ0n) is 17.6. The van der Waals surface area contributed by atoms with Gasteiger partial charge in [-0.05, 0) is 72.3 Å². The number of nitrogens with zero attached hydrogens (tertiary/aromatic N) is 2. The SMILES string of the molecule is Cc1c(Br)c2ccccc2n1CC(=O)N(Cc1ccc(C(=O)NC2CC2)cc1)C1CC1. The highest BCUT2D eigenvalue weighted by Crippen LogP contribution is 2.32. The molecule has 2 fully saturated rings. The van der Waals surface area contributed by atoms with E-state index in [1.807, 2.05) is 48.2 Å². The van der Waals surface area contributed by atoms with E-state index in [1.165, 1.54) is 0 Å². The van der Waals surface area contributed by atoms with E-state index in [-0.39, 0.29) is 11.8 Å². The van der Waals surface area contributed by atoms with E-state index in [0.29, 0.717) is 30.7 Å². The number of hydrogen-bond acceptors (Lipinski definition) is 2. The monoisotopic (exact) mass is 479 g/mol. The van der Waals surface area contributed by atoms with Crippen molar-refractivity contribution in [3.63, 3.8) is 0 Å². The van der Waals surface area contributed by atoms with Crippen LogP contribution in [0.5, 0.6) is 0 Å². The first-order valence-corrected chi connectivity index (χ1v) is 11.7. The molecule has 0 unspecified atom stereocenters. The van der Waals surface area contributed by atoms with Gasteiger partial charge in [0.1, 0.15) is 6.54 Å². The van der Waals surface area contributed by atoms with E-state index in [2.05, 4.69) is 37.9 Å². The maximum Gasteiger partial charge on any atom is 0.251 e. The minimum Gasteiger partial charge on any atom is -0.349 e. The summed E-state index contributed by atoms with van der Waals surface area (Å²) in [5, 5.41) is 4.15. The first-order valence-electron chi connectivity index (χ1n) is 10.9. The van der Waals surface area contributed by atoms with Crippen LogP contribution in [0.3, 0.4) is 0 Å². The van der Waals surface area contributed by atoms with E-state index in [9.17, 15) is 9.59 Å². The predicted molar refractivity (Wildman–Crippen MR) is 125 cm³/mol. The molecule has 5 nitrogen and oxygen atoms in total. The number of rotatable bonds is 7. The molecular weight excluding hydrogens is 454 g/mol. The van der Waals surface area contributed by atoms with Crippen molar-refractivity contribution in [1.29, 1.82) is 0 Å². The summed E-state index contributed by atoms with van der Waals surface area (Å²) in [5.74, 6) is 0.124. The van der Waals surface area contributed by atoms with Gasteiger partial charge < -0.3 is 14.8 Å². The van der Waals surface area contributed by atoms with Crippen LogP contribution in [0, 0.1) is 6.92 Å². The van der Waals surface area contributed by atoms with Crippen LogP contribution in [0.25, 0.3) is 10.9 Å². The largest absolute Gasteiger partial charge is 0.349 e. The summed E-state index contributed by atoms with van der Waals surface area (Å²) >= 11 is 3.68. The van der Waals surface area contributed by atoms with Gasteiger partial charge in [0.2, 0.25) is 5.91 Å². The minimum atomic E-state index is -0.00952. The molecule has 6 heteroatoms. The Labute approximate surface area is 190 Å². The summed E-state index contributed by atoms with van der Waals surface area (Å²) in [4.78, 5) is 27.6. The molecule has 2 aliphatic carbocycles. The summed E-state index contributed by atoms with van der Waals surface area (Å²) < 4.78 is 3.15. The van der Waals surface area contributed by atoms with Gasteiger partial charge in [-0.25, -0.2) is 0 Å². The Morgan fingerprint density at radius 3 is 2.45 bits per heavy atom. The molecular formula is C25H26BrN3O2. The molecule has 160 valence electrons. The molecule has 0 spiro atoms. The Kier molecular flexibility index (Phi) is 5.34. The number of benzene rings is 2. The fourth-order valence-corrected chi connectivity index (χ4v) is 4.63. The first kappa shape index (κ1) is 20.3. The Morgan fingerprint density at radius 1 is 1.06 bits per heavy atom. The molecule has 0 radical (unpaired) electrons. The highest BCUT2D eigenvalue weighted by molar-refractivity contribution is 9.10. The van der Waals surface area contributed by atoms with Crippen molar-refractivity contribution in [2.24, 2.45) is 0 Å². The third-order valence-corrected chi connectivity index (χ3v) is 7.24. The van der Waals surface area contributed by atoms with Crippen molar-refractivity contribution in [1.82, 2.24) is 14.8 Å². The highest BCUT2D eigenvalue weighted by Gasteiger charge is 2.33. The number of amides is 2. The summed E-state index contributed by atoms with van der Waals surface area (Å²) in [7, 11) is 0. The lowest BCUT2D eigenvalue weighted by Crippen LogP contribution is -2.35. The molecule has 5 rings (SSSR count). The molecule has 1 N–H and O–H groups in total. The fourth-order valence-electron chi connectivity index (χ4n) is 4.08. The van der Waals surface area contributed by atoms with Gasteiger partial charge in [-0.2, -0.15) is 0 Å². The number of nitrogens with one attached hydrogen (secondary N) is 1. The number of fused-ring (bicyclic) bond motifs is 1. The van der Waals surface area contributed by atoms with E-state index < -0.39 is 0 Å². The molecule has 1 aromatic heterocycles. The van der Waals surface area contributed by atoms with Crippen LogP contribution in [0.1, 0.15) is 47.3 Å². The van der Waals surface area contributed by atoms with Crippen LogP contribution in [0.4, 0.5) is 0 Å². The standard InChI is InChI=1S/C25H26BrN3O2/c1-16-24(26)21-4-2-3-5-22(21)28(16)15-23(30)29(20-12-13-20)14-17-6-8-18(9-7-17)25(31)27-19-10-11-19/h2-9,19-20H,10-15H2,1H3,(H,27,31). The molecule has 0 atom stereocenters. The highest BCUT2D eigenvalue weighted by atomic mass is 79.9. The number of halogens is 1. The molecule has 0 saturated heterocycles. The van der Waals surface area contributed by atoms with Crippen LogP contribution in [-0.2, 0) is 17.9 Å². The Balaban J connectivity index is 1.32. The van der Waals surface area contributed by atoms with E-state index in [1.54, 1.807) is 0 Å². The fraction of sp³-hybridized carbons (Fsp3) is 0.360. The molecule has 2 aromatic carbocycles. The van der Waals surface area contributed by atoms with Crippen LogP contribution >= 0.6 is 15.9 Å². The number of carbonyl (C=O) groups is 2. The van der Waals surface area contributed by atoms with Gasteiger partial charge in [0.25, 0.3) is 5.91 Å². The summed E-state index contributed by atoms with van der Waals surface area (Å²) in [5.41, 5.74) is 3.87. The second-order valence-corrected chi connectivity index (χ2v) is 9.49. The van der Waals surface area contributed by atoms with E-state index in [0.717, 1.165) is 52.3 Å². The Bertz CT molecular complexity index is 1140. The molecule has 0 bridgehead atoms. The lowest BCUT2D eigenvalue weighted by atomic mass is 10.1. The maximum atomic E-state index is 13.3. The Hall–Kier alpha value is -2.60. The molecule has 2 saturated carbocycles. The maximum absolute atomic E-state index is 13.3. The number of hydrogen-bond donors (Lipinski definition) is 1. The van der Waals surface area contributed by atoms with Crippen LogP contribution in [0.15, 0.2) is 53.0 Å². The van der Waals surface area contributed by atoms with Gasteiger partial charge in [0.05, 0.1) is 0 Å². The normalized spacial score (nSPS) is 15.8. The van der Waals surface area contributed by atoms with Crippen molar-refractivity contribution in [3.05, 3.63) is 69.8 Å². The van der Waals surface area contributed by atoms with E-state index >= 15 is 0 Å². The third kappa shape index (κ3) is 4.26. The first-order chi connectivity index (χ1) is 15.0. The third-order valence-electron chi connectivity index (χ3n) is 6.24. The predicted octanol–water partition coefficient (Wildman–Crippen LogP) is 4.80. The molecule has 2 aliphatic rings. The molecule has 0 aliphatic heterocycles. The topological polar surface area (TPSA) is 54.3 Å². The van der Waals surface area contributed by atoms with Crippen molar-refractivity contribution in [3.8, 4) is 0 Å². The smallest absolute Gasteiger partial charge is 0.251 e. The van der Waals surface area contributed by atoms with E-state index in [4.69, 9.17) is 0 Å². The average Bonchev–Trinajstić information content (AvgIpc) is 3.70. The van der Waals surface area contributed by atoms with Gasteiger partial charge in [-0.3, -0.25) is 9.59 Å². The van der Waals surface area contributed by atoms with Crippen molar-refractivity contribution >= 4 is 38.6 Å². The summed E-state index contributed by atoms with van der Waals surface area (Å²) in [6.45, 7) is 2.95. The number of aromatic nitrogens is 1. The van der Waals surface area contributed by atoms with Crippen molar-refractivity contribution < 1.29 is 9.59 Å². The number of carbonyl (C=O) groups excluding carboxylic acids is 2. The van der Waals surface area contributed by atoms with Gasteiger partial charge in [0.15, 0.2) is 0 Å². The van der Waals surface area contributed by atoms with Gasteiger partial charge in [0, 0.05) is 45.3 Å². The van der Waals surface area contributed by atoms with Crippen LogP contribution in [0.2, 0.25) is 0 Å². The second kappa shape index (κ2) is 8.15. The van der Waals surface area contributed by atoms with Crippen LogP contribution < -0.4 is 5.32 Å². The quantitative estimate of drug-likeness (QED) is 0.529. The Morgan fingerprint density at radius 2 is 1.77 bits per heavy atom. The lowest BCUT2D eigenvalue weighted by molar-refractivity contribution is -0.133. The zero-order valence-corrected chi connectivity index (χ0v) is 19.2. The van der Waals surface area contributed by atoms with Crippen molar-refractivity contribution in [2.75, 3.05) is 0 Å². The molecule has 2 amide bonds. The zero-order chi connectivity index (χ0) is 21.5. The van der Waals surface area contributed by atoms with Crippen molar-refractivity contribution in [2.45, 2.75) is 57.8 Å².